The largest absolute Gasteiger partial charge is 0.375 e. The van der Waals surface area contributed by atoms with Crippen molar-refractivity contribution in [2.24, 2.45) is 5.73 Å². The fourth-order valence-electron chi connectivity index (χ4n) is 2.13. The summed E-state index contributed by atoms with van der Waals surface area (Å²) in [5, 5.41) is 8.27. The fraction of sp³-hybridized carbons (Fsp3) is 0.818. The van der Waals surface area contributed by atoms with E-state index in [1.807, 2.05) is 17.8 Å². The molecule has 0 aromatic carbocycles. The Kier molecular flexibility index (Phi) is 3.90. The van der Waals surface area contributed by atoms with Crippen molar-refractivity contribution in [3.8, 4) is 0 Å². The van der Waals surface area contributed by atoms with Crippen molar-refractivity contribution >= 4 is 0 Å². The number of nitrogens with two attached hydrogens (primary N) is 1. The van der Waals surface area contributed by atoms with Gasteiger partial charge in [0.1, 0.15) is 5.69 Å². The van der Waals surface area contributed by atoms with E-state index in [0.29, 0.717) is 25.3 Å². The van der Waals surface area contributed by atoms with Gasteiger partial charge in [-0.05, 0) is 32.6 Å². The Bertz CT molecular complexity index is 318. The minimum Gasteiger partial charge on any atom is -0.375 e. The third kappa shape index (κ3) is 2.80. The average Bonchev–Trinajstić information content (AvgIpc) is 2.76. The normalized spacial score (nSPS) is 25.9. The second kappa shape index (κ2) is 5.41. The number of hydrogen-bond donors (Lipinski definition) is 1. The summed E-state index contributed by atoms with van der Waals surface area (Å²) >= 11 is 0. The van der Waals surface area contributed by atoms with Crippen LogP contribution in [0.1, 0.15) is 44.3 Å². The highest BCUT2D eigenvalue weighted by molar-refractivity contribution is 4.92. The van der Waals surface area contributed by atoms with Crippen molar-refractivity contribution in [2.45, 2.75) is 51.3 Å². The maximum Gasteiger partial charge on any atom is 0.108 e. The van der Waals surface area contributed by atoms with Gasteiger partial charge in [-0.15, -0.1) is 5.10 Å². The average molecular weight is 224 g/mol. The van der Waals surface area contributed by atoms with Gasteiger partial charge in [-0.2, -0.15) is 0 Å². The first kappa shape index (κ1) is 11.5. The van der Waals surface area contributed by atoms with Crippen LogP contribution in [0.5, 0.6) is 0 Å². The highest BCUT2D eigenvalue weighted by atomic mass is 16.5. The van der Waals surface area contributed by atoms with Gasteiger partial charge in [0.25, 0.3) is 0 Å². The van der Waals surface area contributed by atoms with Gasteiger partial charge in [0.05, 0.1) is 18.8 Å². The lowest BCUT2D eigenvalue weighted by Gasteiger charge is -2.25. The van der Waals surface area contributed by atoms with Crippen LogP contribution in [0.3, 0.4) is 0 Å². The first-order valence-corrected chi connectivity index (χ1v) is 6.03. The van der Waals surface area contributed by atoms with Gasteiger partial charge in [-0.1, -0.05) is 5.21 Å². The Hall–Kier alpha value is -0.940. The van der Waals surface area contributed by atoms with Gasteiger partial charge < -0.3 is 10.5 Å². The molecule has 0 bridgehead atoms. The van der Waals surface area contributed by atoms with Crippen LogP contribution in [0.25, 0.3) is 0 Å². The van der Waals surface area contributed by atoms with Gasteiger partial charge in [-0.25, -0.2) is 4.68 Å². The van der Waals surface area contributed by atoms with Crippen LogP contribution in [-0.4, -0.2) is 27.6 Å². The SMILES string of the molecule is CCOCc1cn(C2CCC(N)CC2)nn1. The van der Waals surface area contributed by atoms with Crippen molar-refractivity contribution in [2.75, 3.05) is 6.61 Å². The molecule has 1 saturated carbocycles. The summed E-state index contributed by atoms with van der Waals surface area (Å²) in [7, 11) is 0. The van der Waals surface area contributed by atoms with Crippen molar-refractivity contribution in [3.05, 3.63) is 11.9 Å². The standard InChI is InChI=1S/C11H20N4O/c1-2-16-8-10-7-15(14-13-10)11-5-3-9(12)4-6-11/h7,9,11H,2-6,8,12H2,1H3. The third-order valence-corrected chi connectivity index (χ3v) is 3.13. The van der Waals surface area contributed by atoms with E-state index in [-0.39, 0.29) is 0 Å². The van der Waals surface area contributed by atoms with Crippen LogP contribution >= 0.6 is 0 Å². The van der Waals surface area contributed by atoms with Crippen molar-refractivity contribution in [3.63, 3.8) is 0 Å². The first-order valence-electron chi connectivity index (χ1n) is 6.03. The van der Waals surface area contributed by atoms with Crippen LogP contribution < -0.4 is 5.73 Å². The monoisotopic (exact) mass is 224 g/mol. The van der Waals surface area contributed by atoms with E-state index in [0.717, 1.165) is 31.4 Å². The molecule has 1 aromatic rings. The van der Waals surface area contributed by atoms with Crippen LogP contribution in [0, 0.1) is 0 Å². The molecule has 1 heterocycles. The van der Waals surface area contributed by atoms with E-state index in [2.05, 4.69) is 10.3 Å². The smallest absolute Gasteiger partial charge is 0.108 e. The summed E-state index contributed by atoms with van der Waals surface area (Å²) in [6.45, 7) is 3.25. The van der Waals surface area contributed by atoms with Crippen LogP contribution in [0.4, 0.5) is 0 Å². The molecule has 0 saturated heterocycles. The molecule has 0 spiro atoms. The lowest BCUT2D eigenvalue weighted by Crippen LogP contribution is -2.28. The molecule has 1 fully saturated rings. The zero-order chi connectivity index (χ0) is 11.4. The summed E-state index contributed by atoms with van der Waals surface area (Å²) in [6.07, 6.45) is 6.39. The minimum atomic E-state index is 0.377. The molecule has 2 rings (SSSR count). The Morgan fingerprint density at radius 2 is 2.19 bits per heavy atom. The van der Waals surface area contributed by atoms with Gasteiger partial charge in [0.2, 0.25) is 0 Å². The van der Waals surface area contributed by atoms with Crippen molar-refractivity contribution < 1.29 is 4.74 Å². The molecule has 1 aromatic heterocycles. The maximum absolute atomic E-state index is 5.88. The van der Waals surface area contributed by atoms with Gasteiger partial charge in [0.15, 0.2) is 0 Å². The van der Waals surface area contributed by atoms with Crippen LogP contribution in [-0.2, 0) is 11.3 Å². The zero-order valence-corrected chi connectivity index (χ0v) is 9.80. The number of aromatic nitrogens is 3. The molecule has 0 atom stereocenters. The van der Waals surface area contributed by atoms with E-state index in [1.54, 1.807) is 0 Å². The molecular weight excluding hydrogens is 204 g/mol. The molecule has 1 aliphatic carbocycles. The number of nitrogens with zero attached hydrogens (tertiary/aromatic N) is 3. The van der Waals surface area contributed by atoms with Gasteiger partial charge in [0, 0.05) is 12.6 Å². The summed E-state index contributed by atoms with van der Waals surface area (Å²) in [6, 6.07) is 0.852. The van der Waals surface area contributed by atoms with E-state index in [4.69, 9.17) is 10.5 Å². The summed E-state index contributed by atoms with van der Waals surface area (Å²) in [5.41, 5.74) is 6.79. The minimum absolute atomic E-state index is 0.377. The molecular formula is C11H20N4O. The zero-order valence-electron chi connectivity index (χ0n) is 9.80. The molecule has 0 unspecified atom stereocenters. The maximum atomic E-state index is 5.88. The highest BCUT2D eigenvalue weighted by Gasteiger charge is 2.20. The number of rotatable bonds is 4. The Labute approximate surface area is 96.0 Å². The van der Waals surface area contributed by atoms with Gasteiger partial charge >= 0.3 is 0 Å². The summed E-state index contributed by atoms with van der Waals surface area (Å²) < 4.78 is 7.27. The molecule has 0 aliphatic heterocycles. The second-order valence-electron chi connectivity index (χ2n) is 4.40. The number of hydrogen-bond acceptors (Lipinski definition) is 4. The molecule has 5 heteroatoms. The predicted molar refractivity (Wildman–Crippen MR) is 60.8 cm³/mol. The lowest BCUT2D eigenvalue weighted by atomic mass is 9.92. The van der Waals surface area contributed by atoms with E-state index >= 15 is 0 Å². The lowest BCUT2D eigenvalue weighted by molar-refractivity contribution is 0.131. The predicted octanol–water partition coefficient (Wildman–Crippen LogP) is 1.26. The molecule has 1 aliphatic rings. The first-order chi connectivity index (χ1) is 7.79. The third-order valence-electron chi connectivity index (χ3n) is 3.13. The summed E-state index contributed by atoms with van der Waals surface area (Å²) in [5.74, 6) is 0. The van der Waals surface area contributed by atoms with Crippen LogP contribution in [0.2, 0.25) is 0 Å². The molecule has 2 N–H and O–H groups in total. The molecule has 0 radical (unpaired) electrons. The Morgan fingerprint density at radius 1 is 1.44 bits per heavy atom. The molecule has 0 amide bonds. The van der Waals surface area contributed by atoms with Gasteiger partial charge in [-0.3, -0.25) is 0 Å². The Morgan fingerprint density at radius 3 is 2.88 bits per heavy atom. The molecule has 90 valence electrons. The number of ether oxygens (including phenoxy) is 1. The van der Waals surface area contributed by atoms with Crippen LogP contribution in [0.15, 0.2) is 6.20 Å². The Balaban J connectivity index is 1.91. The van der Waals surface area contributed by atoms with E-state index in [9.17, 15) is 0 Å². The second-order valence-corrected chi connectivity index (χ2v) is 4.40. The summed E-state index contributed by atoms with van der Waals surface area (Å²) in [4.78, 5) is 0. The van der Waals surface area contributed by atoms with Crippen molar-refractivity contribution in [1.29, 1.82) is 0 Å². The highest BCUT2D eigenvalue weighted by Crippen LogP contribution is 2.26. The molecule has 16 heavy (non-hydrogen) atoms. The van der Waals surface area contributed by atoms with E-state index < -0.39 is 0 Å². The molecule has 5 nitrogen and oxygen atoms in total. The fourth-order valence-corrected chi connectivity index (χ4v) is 2.13. The van der Waals surface area contributed by atoms with Crippen molar-refractivity contribution in [1.82, 2.24) is 15.0 Å². The quantitative estimate of drug-likeness (QED) is 0.836. The topological polar surface area (TPSA) is 66.0 Å². The van der Waals surface area contributed by atoms with E-state index in [1.165, 1.54) is 0 Å².